The van der Waals surface area contributed by atoms with Crippen molar-refractivity contribution >= 4 is 16.8 Å². The Hall–Kier alpha value is -2.75. The number of amides is 1. The molecule has 3 aromatic rings. The Morgan fingerprint density at radius 2 is 1.96 bits per heavy atom. The predicted octanol–water partition coefficient (Wildman–Crippen LogP) is 4.48. The van der Waals surface area contributed by atoms with Crippen molar-refractivity contribution in [1.29, 1.82) is 0 Å². The van der Waals surface area contributed by atoms with Gasteiger partial charge in [0.05, 0.1) is 16.8 Å². The highest BCUT2D eigenvalue weighted by Gasteiger charge is 2.24. The first-order chi connectivity index (χ1) is 12.6. The summed E-state index contributed by atoms with van der Waals surface area (Å²) in [6, 6.07) is 11.9. The van der Waals surface area contributed by atoms with Gasteiger partial charge in [-0.25, -0.2) is 4.98 Å². The summed E-state index contributed by atoms with van der Waals surface area (Å²) >= 11 is 0. The van der Waals surface area contributed by atoms with Crippen molar-refractivity contribution in [2.45, 2.75) is 26.7 Å². The number of rotatable bonds is 2. The van der Waals surface area contributed by atoms with Gasteiger partial charge in [-0.2, -0.15) is 0 Å². The summed E-state index contributed by atoms with van der Waals surface area (Å²) in [5.74, 6) is 0.807. The molecule has 0 bridgehead atoms. The Morgan fingerprint density at radius 3 is 2.69 bits per heavy atom. The van der Waals surface area contributed by atoms with Gasteiger partial charge < -0.3 is 4.90 Å². The third-order valence-corrected chi connectivity index (χ3v) is 5.22. The van der Waals surface area contributed by atoms with Crippen molar-refractivity contribution in [1.82, 2.24) is 14.9 Å². The molecule has 1 saturated heterocycles. The molecule has 0 saturated carbocycles. The number of carbonyl (C=O) groups is 1. The number of aryl methyl sites for hydroxylation is 1. The highest BCUT2D eigenvalue weighted by molar-refractivity contribution is 6.07. The smallest absolute Gasteiger partial charge is 0.254 e. The molecular formula is C22H23N3O. The van der Waals surface area contributed by atoms with E-state index in [1.54, 1.807) is 12.4 Å². The minimum absolute atomic E-state index is 0.111. The molecule has 1 amide bonds. The van der Waals surface area contributed by atoms with Crippen molar-refractivity contribution < 1.29 is 4.79 Å². The molecule has 0 radical (unpaired) electrons. The number of fused-ring (bicyclic) bond motifs is 1. The summed E-state index contributed by atoms with van der Waals surface area (Å²) in [5.41, 5.74) is 4.45. The summed E-state index contributed by atoms with van der Waals surface area (Å²) in [6.07, 6.45) is 5.68. The number of pyridine rings is 2. The van der Waals surface area contributed by atoms with Crippen LogP contribution in [0.25, 0.3) is 22.2 Å². The van der Waals surface area contributed by atoms with E-state index < -0.39 is 0 Å². The molecule has 26 heavy (non-hydrogen) atoms. The average Bonchev–Trinajstić information content (AvgIpc) is 2.68. The van der Waals surface area contributed by atoms with Crippen molar-refractivity contribution in [2.24, 2.45) is 5.92 Å². The fourth-order valence-electron chi connectivity index (χ4n) is 3.56. The molecule has 2 aromatic heterocycles. The van der Waals surface area contributed by atoms with Gasteiger partial charge in [0, 0.05) is 36.4 Å². The van der Waals surface area contributed by atoms with Crippen LogP contribution in [-0.4, -0.2) is 33.9 Å². The Kier molecular flexibility index (Phi) is 4.41. The van der Waals surface area contributed by atoms with E-state index in [2.05, 4.69) is 18.0 Å². The number of likely N-dealkylation sites (tertiary alicyclic amines) is 1. The second-order valence-corrected chi connectivity index (χ2v) is 7.29. The van der Waals surface area contributed by atoms with Gasteiger partial charge >= 0.3 is 0 Å². The van der Waals surface area contributed by atoms with Crippen LogP contribution in [0, 0.1) is 12.8 Å². The zero-order chi connectivity index (χ0) is 18.1. The van der Waals surface area contributed by atoms with Crippen LogP contribution in [0.15, 0.2) is 48.8 Å². The maximum Gasteiger partial charge on any atom is 0.254 e. The molecule has 132 valence electrons. The quantitative estimate of drug-likeness (QED) is 0.688. The number of aromatic nitrogens is 2. The molecule has 1 aliphatic heterocycles. The molecule has 0 unspecified atom stereocenters. The van der Waals surface area contributed by atoms with E-state index in [9.17, 15) is 4.79 Å². The monoisotopic (exact) mass is 345 g/mol. The van der Waals surface area contributed by atoms with Crippen molar-refractivity contribution in [3.63, 3.8) is 0 Å². The zero-order valence-electron chi connectivity index (χ0n) is 15.3. The standard InChI is InChI=1S/C22H23N3O/c1-15-7-10-25(11-8-15)22(26)19-13-21(17-4-3-9-23-14-17)24-20-6-5-16(2)12-18(19)20/h3-6,9,12-15H,7-8,10-11H2,1-2H3. The Bertz CT molecular complexity index is 944. The molecule has 0 atom stereocenters. The fraction of sp³-hybridized carbons (Fsp3) is 0.318. The first kappa shape index (κ1) is 16.7. The lowest BCUT2D eigenvalue weighted by Gasteiger charge is -2.30. The number of benzene rings is 1. The molecule has 1 fully saturated rings. The van der Waals surface area contributed by atoms with Crippen LogP contribution >= 0.6 is 0 Å². The van der Waals surface area contributed by atoms with Crippen LogP contribution in [0.2, 0.25) is 0 Å². The topological polar surface area (TPSA) is 46.1 Å². The summed E-state index contributed by atoms with van der Waals surface area (Å²) in [4.78, 5) is 24.3. The van der Waals surface area contributed by atoms with E-state index in [0.717, 1.165) is 59.2 Å². The van der Waals surface area contributed by atoms with Gasteiger partial charge in [0.1, 0.15) is 0 Å². The highest BCUT2D eigenvalue weighted by atomic mass is 16.2. The van der Waals surface area contributed by atoms with E-state index in [4.69, 9.17) is 4.98 Å². The third-order valence-electron chi connectivity index (χ3n) is 5.22. The number of carbonyl (C=O) groups excluding carboxylic acids is 1. The third kappa shape index (κ3) is 3.19. The van der Waals surface area contributed by atoms with E-state index in [1.807, 2.05) is 42.2 Å². The van der Waals surface area contributed by atoms with Gasteiger partial charge in [-0.1, -0.05) is 18.6 Å². The van der Waals surface area contributed by atoms with Crippen LogP contribution < -0.4 is 0 Å². The second-order valence-electron chi connectivity index (χ2n) is 7.29. The van der Waals surface area contributed by atoms with Crippen LogP contribution in [-0.2, 0) is 0 Å². The Morgan fingerprint density at radius 1 is 1.15 bits per heavy atom. The average molecular weight is 345 g/mol. The number of hydrogen-bond donors (Lipinski definition) is 0. The maximum absolute atomic E-state index is 13.3. The lowest BCUT2D eigenvalue weighted by molar-refractivity contribution is 0.0699. The molecule has 4 nitrogen and oxygen atoms in total. The molecule has 0 N–H and O–H groups in total. The van der Waals surface area contributed by atoms with Gasteiger partial charge in [0.25, 0.3) is 5.91 Å². The van der Waals surface area contributed by atoms with Crippen LogP contribution in [0.4, 0.5) is 0 Å². The number of nitrogens with zero attached hydrogens (tertiary/aromatic N) is 3. The maximum atomic E-state index is 13.3. The van der Waals surface area contributed by atoms with Crippen molar-refractivity contribution in [3.8, 4) is 11.3 Å². The zero-order valence-corrected chi connectivity index (χ0v) is 15.3. The minimum atomic E-state index is 0.111. The summed E-state index contributed by atoms with van der Waals surface area (Å²) in [7, 11) is 0. The minimum Gasteiger partial charge on any atom is -0.339 e. The van der Waals surface area contributed by atoms with Crippen LogP contribution in [0.1, 0.15) is 35.7 Å². The highest BCUT2D eigenvalue weighted by Crippen LogP contribution is 2.27. The summed E-state index contributed by atoms with van der Waals surface area (Å²) < 4.78 is 0. The normalized spacial score (nSPS) is 15.4. The van der Waals surface area contributed by atoms with Gasteiger partial charge in [-0.05, 0) is 56.0 Å². The molecule has 0 spiro atoms. The second kappa shape index (κ2) is 6.87. The van der Waals surface area contributed by atoms with E-state index in [-0.39, 0.29) is 5.91 Å². The first-order valence-corrected chi connectivity index (χ1v) is 9.23. The molecule has 0 aliphatic carbocycles. The predicted molar refractivity (Wildman–Crippen MR) is 104 cm³/mol. The molecule has 4 heteroatoms. The van der Waals surface area contributed by atoms with Gasteiger partial charge in [0.15, 0.2) is 0 Å². The van der Waals surface area contributed by atoms with Gasteiger partial charge in [-0.3, -0.25) is 9.78 Å². The number of hydrogen-bond acceptors (Lipinski definition) is 3. The van der Waals surface area contributed by atoms with Crippen LogP contribution in [0.5, 0.6) is 0 Å². The van der Waals surface area contributed by atoms with E-state index in [1.165, 1.54) is 0 Å². The fourth-order valence-corrected chi connectivity index (χ4v) is 3.56. The lowest BCUT2D eigenvalue weighted by atomic mass is 9.97. The number of piperidine rings is 1. The largest absolute Gasteiger partial charge is 0.339 e. The molecule has 1 aromatic carbocycles. The van der Waals surface area contributed by atoms with E-state index >= 15 is 0 Å². The summed E-state index contributed by atoms with van der Waals surface area (Å²) in [5, 5.41) is 0.932. The summed E-state index contributed by atoms with van der Waals surface area (Å²) in [6.45, 7) is 5.97. The first-order valence-electron chi connectivity index (χ1n) is 9.23. The SMILES string of the molecule is Cc1ccc2nc(-c3cccnc3)cc(C(=O)N3CCC(C)CC3)c2c1. The molecule has 4 rings (SSSR count). The Balaban J connectivity index is 1.83. The van der Waals surface area contributed by atoms with Crippen molar-refractivity contribution in [3.05, 3.63) is 59.9 Å². The van der Waals surface area contributed by atoms with Gasteiger partial charge in [0.2, 0.25) is 0 Å². The molecular weight excluding hydrogens is 322 g/mol. The van der Waals surface area contributed by atoms with E-state index in [0.29, 0.717) is 5.92 Å². The van der Waals surface area contributed by atoms with Crippen molar-refractivity contribution in [2.75, 3.05) is 13.1 Å². The molecule has 3 heterocycles. The lowest BCUT2D eigenvalue weighted by Crippen LogP contribution is -2.38. The molecule has 1 aliphatic rings. The Labute approximate surface area is 153 Å². The van der Waals surface area contributed by atoms with Gasteiger partial charge in [-0.15, -0.1) is 0 Å². The van der Waals surface area contributed by atoms with Crippen LogP contribution in [0.3, 0.4) is 0 Å².